The quantitative estimate of drug-likeness (QED) is 0.794. The summed E-state index contributed by atoms with van der Waals surface area (Å²) in [7, 11) is 0. The molecule has 1 atom stereocenters. The maximum atomic E-state index is 11.3. The molecule has 0 aromatic heterocycles. The van der Waals surface area contributed by atoms with E-state index in [2.05, 4.69) is 5.32 Å². The zero-order chi connectivity index (χ0) is 12.7. The monoisotopic (exact) mass is 255 g/mol. The maximum absolute atomic E-state index is 11.3. The molecule has 0 spiro atoms. The van der Waals surface area contributed by atoms with Gasteiger partial charge < -0.3 is 10.1 Å². The maximum Gasteiger partial charge on any atom is 0.221 e. The first kappa shape index (κ1) is 13.8. The number of aryl methyl sites for hydroxylation is 1. The summed E-state index contributed by atoms with van der Waals surface area (Å²) < 4.78 is 5.55. The van der Waals surface area contributed by atoms with E-state index in [0.717, 1.165) is 5.75 Å². The van der Waals surface area contributed by atoms with Crippen molar-refractivity contribution in [2.24, 2.45) is 0 Å². The van der Waals surface area contributed by atoms with Gasteiger partial charge in [-0.05, 0) is 26.0 Å². The van der Waals surface area contributed by atoms with Gasteiger partial charge >= 0.3 is 0 Å². The lowest BCUT2D eigenvalue weighted by atomic mass is 10.2. The molecule has 0 aliphatic carbocycles. The second-order valence-corrected chi connectivity index (χ2v) is 4.41. The van der Waals surface area contributed by atoms with Crippen LogP contribution in [-0.4, -0.2) is 24.4 Å². The van der Waals surface area contributed by atoms with Crippen molar-refractivity contribution in [3.8, 4) is 5.75 Å². The number of hydrogen-bond donors (Lipinski definition) is 1. The van der Waals surface area contributed by atoms with Gasteiger partial charge in [-0.1, -0.05) is 17.7 Å². The number of alkyl halides is 1. The summed E-state index contributed by atoms with van der Waals surface area (Å²) in [5.41, 5.74) is 1.20. The van der Waals surface area contributed by atoms with Crippen LogP contribution in [0.15, 0.2) is 24.3 Å². The van der Waals surface area contributed by atoms with Gasteiger partial charge in [-0.3, -0.25) is 4.79 Å². The van der Waals surface area contributed by atoms with Crippen LogP contribution in [0, 0.1) is 6.92 Å². The Morgan fingerprint density at radius 3 is 2.65 bits per heavy atom. The highest BCUT2D eigenvalue weighted by atomic mass is 35.5. The van der Waals surface area contributed by atoms with Gasteiger partial charge in [-0.15, -0.1) is 11.6 Å². The van der Waals surface area contributed by atoms with Gasteiger partial charge in [0.1, 0.15) is 12.4 Å². The van der Waals surface area contributed by atoms with Crippen LogP contribution in [0.5, 0.6) is 5.75 Å². The molecule has 0 heterocycles. The Morgan fingerprint density at radius 1 is 1.41 bits per heavy atom. The first-order valence-electron chi connectivity index (χ1n) is 5.66. The number of carbonyl (C=O) groups excluding carboxylic acids is 1. The number of hydrogen-bond acceptors (Lipinski definition) is 2. The Hall–Kier alpha value is -1.22. The van der Waals surface area contributed by atoms with E-state index < -0.39 is 0 Å². The lowest BCUT2D eigenvalue weighted by Crippen LogP contribution is -2.36. The largest absolute Gasteiger partial charge is 0.491 e. The minimum atomic E-state index is -0.0417. The van der Waals surface area contributed by atoms with E-state index in [1.165, 1.54) is 5.56 Å². The molecule has 94 valence electrons. The standard InChI is InChI=1S/C13H18ClNO2/c1-10-3-5-12(6-4-10)17-9-11(2)15-13(16)7-8-14/h3-6,11H,7-9H2,1-2H3,(H,15,16). The van der Waals surface area contributed by atoms with E-state index in [1.807, 2.05) is 38.1 Å². The molecule has 1 amide bonds. The second kappa shape index (κ2) is 7.17. The smallest absolute Gasteiger partial charge is 0.221 e. The first-order chi connectivity index (χ1) is 8.11. The lowest BCUT2D eigenvalue weighted by Gasteiger charge is -2.14. The fraction of sp³-hybridized carbons (Fsp3) is 0.462. The molecule has 1 unspecified atom stereocenters. The lowest BCUT2D eigenvalue weighted by molar-refractivity contribution is -0.121. The zero-order valence-electron chi connectivity index (χ0n) is 10.2. The van der Waals surface area contributed by atoms with Crippen LogP contribution in [0.1, 0.15) is 18.9 Å². The van der Waals surface area contributed by atoms with Crippen molar-refractivity contribution in [3.63, 3.8) is 0 Å². The fourth-order valence-corrected chi connectivity index (χ4v) is 1.50. The molecule has 0 saturated carbocycles. The Kier molecular flexibility index (Phi) is 5.84. The van der Waals surface area contributed by atoms with Crippen LogP contribution in [0.25, 0.3) is 0 Å². The molecule has 17 heavy (non-hydrogen) atoms. The number of amides is 1. The predicted octanol–water partition coefficient (Wildman–Crippen LogP) is 2.51. The third kappa shape index (κ3) is 5.59. The van der Waals surface area contributed by atoms with E-state index >= 15 is 0 Å². The highest BCUT2D eigenvalue weighted by molar-refractivity contribution is 6.18. The average Bonchev–Trinajstić information content (AvgIpc) is 2.28. The Morgan fingerprint density at radius 2 is 2.06 bits per heavy atom. The third-order valence-electron chi connectivity index (χ3n) is 2.25. The van der Waals surface area contributed by atoms with E-state index in [9.17, 15) is 4.79 Å². The summed E-state index contributed by atoms with van der Waals surface area (Å²) in [6.45, 7) is 4.39. The molecule has 1 aromatic rings. The molecule has 0 aliphatic rings. The summed E-state index contributed by atoms with van der Waals surface area (Å²) in [6, 6.07) is 7.80. The molecular formula is C13H18ClNO2. The van der Waals surface area contributed by atoms with Crippen LogP contribution in [-0.2, 0) is 4.79 Å². The average molecular weight is 256 g/mol. The number of carbonyl (C=O) groups is 1. The molecule has 1 rings (SSSR count). The molecule has 1 aromatic carbocycles. The summed E-state index contributed by atoms with van der Waals surface area (Å²) in [6.07, 6.45) is 0.344. The molecule has 0 aliphatic heterocycles. The molecular weight excluding hydrogens is 238 g/mol. The summed E-state index contributed by atoms with van der Waals surface area (Å²) >= 11 is 5.48. The van der Waals surface area contributed by atoms with Gasteiger partial charge in [0.15, 0.2) is 0 Å². The van der Waals surface area contributed by atoms with Crippen LogP contribution < -0.4 is 10.1 Å². The van der Waals surface area contributed by atoms with Gasteiger partial charge in [-0.25, -0.2) is 0 Å². The molecule has 0 bridgehead atoms. The second-order valence-electron chi connectivity index (χ2n) is 4.03. The van der Waals surface area contributed by atoms with Crippen LogP contribution >= 0.6 is 11.6 Å². The van der Waals surface area contributed by atoms with Gasteiger partial charge in [0.2, 0.25) is 5.91 Å². The number of rotatable bonds is 6. The van der Waals surface area contributed by atoms with E-state index in [-0.39, 0.29) is 11.9 Å². The van der Waals surface area contributed by atoms with Crippen molar-refractivity contribution in [1.29, 1.82) is 0 Å². The molecule has 4 heteroatoms. The molecule has 1 N–H and O–H groups in total. The zero-order valence-corrected chi connectivity index (χ0v) is 11.0. The van der Waals surface area contributed by atoms with Crippen LogP contribution in [0.3, 0.4) is 0 Å². The van der Waals surface area contributed by atoms with Crippen molar-refractivity contribution in [1.82, 2.24) is 5.32 Å². The summed E-state index contributed by atoms with van der Waals surface area (Å²) in [5, 5.41) is 2.81. The van der Waals surface area contributed by atoms with E-state index in [0.29, 0.717) is 18.9 Å². The number of benzene rings is 1. The van der Waals surface area contributed by atoms with Crippen molar-refractivity contribution in [2.75, 3.05) is 12.5 Å². The first-order valence-corrected chi connectivity index (χ1v) is 6.20. The normalized spacial score (nSPS) is 11.9. The van der Waals surface area contributed by atoms with E-state index in [4.69, 9.17) is 16.3 Å². The minimum Gasteiger partial charge on any atom is -0.491 e. The van der Waals surface area contributed by atoms with Gasteiger partial charge in [0, 0.05) is 12.3 Å². The molecule has 0 radical (unpaired) electrons. The van der Waals surface area contributed by atoms with E-state index in [1.54, 1.807) is 0 Å². The Labute approximate surface area is 107 Å². The molecule has 0 saturated heterocycles. The van der Waals surface area contributed by atoms with Crippen molar-refractivity contribution in [3.05, 3.63) is 29.8 Å². The SMILES string of the molecule is Cc1ccc(OCC(C)NC(=O)CCCl)cc1. The molecule has 0 fully saturated rings. The Bertz CT molecular complexity index is 351. The molecule has 3 nitrogen and oxygen atoms in total. The van der Waals surface area contributed by atoms with Crippen LogP contribution in [0.2, 0.25) is 0 Å². The summed E-state index contributed by atoms with van der Waals surface area (Å²) in [4.78, 5) is 11.3. The van der Waals surface area contributed by atoms with Gasteiger partial charge in [0.05, 0.1) is 6.04 Å². The number of ether oxygens (including phenoxy) is 1. The number of nitrogens with one attached hydrogen (secondary N) is 1. The number of halogens is 1. The van der Waals surface area contributed by atoms with Gasteiger partial charge in [-0.2, -0.15) is 0 Å². The van der Waals surface area contributed by atoms with Crippen molar-refractivity contribution >= 4 is 17.5 Å². The Balaban J connectivity index is 2.30. The predicted molar refractivity (Wildman–Crippen MR) is 69.6 cm³/mol. The van der Waals surface area contributed by atoms with Crippen molar-refractivity contribution in [2.45, 2.75) is 26.3 Å². The minimum absolute atomic E-state index is 0.0213. The topological polar surface area (TPSA) is 38.3 Å². The van der Waals surface area contributed by atoms with Gasteiger partial charge in [0.25, 0.3) is 0 Å². The fourth-order valence-electron chi connectivity index (χ4n) is 1.33. The van der Waals surface area contributed by atoms with Crippen LogP contribution in [0.4, 0.5) is 0 Å². The highest BCUT2D eigenvalue weighted by Gasteiger charge is 2.07. The summed E-state index contributed by atoms with van der Waals surface area (Å²) in [5.74, 6) is 1.12. The third-order valence-corrected chi connectivity index (χ3v) is 2.44. The van der Waals surface area contributed by atoms with Crippen molar-refractivity contribution < 1.29 is 9.53 Å². The highest BCUT2D eigenvalue weighted by Crippen LogP contribution is 2.11.